The molecule has 0 heterocycles. The van der Waals surface area contributed by atoms with Crippen molar-refractivity contribution in [3.63, 3.8) is 0 Å². The lowest BCUT2D eigenvalue weighted by molar-refractivity contribution is 0.475. The van der Waals surface area contributed by atoms with Crippen molar-refractivity contribution in [1.82, 2.24) is 0 Å². The summed E-state index contributed by atoms with van der Waals surface area (Å²) in [5, 5.41) is 19.2. The number of para-hydroxylation sites is 1. The van der Waals surface area contributed by atoms with Crippen LogP contribution in [0.1, 0.15) is 0 Å². The maximum atomic E-state index is 8.94. The van der Waals surface area contributed by atoms with Crippen molar-refractivity contribution in [2.75, 3.05) is 0 Å². The molecule has 0 radical (unpaired) electrons. The Bertz CT molecular complexity index is 523. The summed E-state index contributed by atoms with van der Waals surface area (Å²) in [5.41, 5.74) is 0. The van der Waals surface area contributed by atoms with Crippen LogP contribution in [0.15, 0.2) is 36.4 Å². The zero-order valence-electron chi connectivity index (χ0n) is 8.87. The fourth-order valence-corrected chi connectivity index (χ4v) is 1.78. The third kappa shape index (κ3) is 4.46. The molecule has 2 N–H and O–H groups in total. The van der Waals surface area contributed by atoms with E-state index in [9.17, 15) is 0 Å². The molecule has 2 aromatic rings. The molecule has 0 aliphatic rings. The molecule has 18 heavy (non-hydrogen) atoms. The van der Waals surface area contributed by atoms with Crippen molar-refractivity contribution in [2.45, 2.75) is 0 Å². The zero-order chi connectivity index (χ0) is 13.7. The maximum Gasteiger partial charge on any atom is 0.152 e. The van der Waals surface area contributed by atoms with Gasteiger partial charge < -0.3 is 10.2 Å². The smallest absolute Gasteiger partial charge is 0.152 e. The van der Waals surface area contributed by atoms with Crippen LogP contribution in [-0.2, 0) is 0 Å². The molecular weight excluding hydrogens is 318 g/mol. The van der Waals surface area contributed by atoms with Crippen molar-refractivity contribution < 1.29 is 10.2 Å². The van der Waals surface area contributed by atoms with Gasteiger partial charge in [0, 0.05) is 5.02 Å². The predicted molar refractivity (Wildman–Crippen MR) is 76.3 cm³/mol. The highest BCUT2D eigenvalue weighted by Crippen LogP contribution is 2.30. The first-order valence-electron chi connectivity index (χ1n) is 4.69. The third-order valence-corrected chi connectivity index (χ3v) is 3.00. The van der Waals surface area contributed by atoms with E-state index in [1.165, 1.54) is 12.1 Å². The Morgan fingerprint density at radius 1 is 0.722 bits per heavy atom. The average molecular weight is 326 g/mol. The first-order valence-corrected chi connectivity index (χ1v) is 6.20. The molecule has 2 nitrogen and oxygen atoms in total. The number of aromatic hydroxyl groups is 2. The molecule has 96 valence electrons. The summed E-state index contributed by atoms with van der Waals surface area (Å²) in [6.45, 7) is 0. The monoisotopic (exact) mass is 324 g/mol. The Morgan fingerprint density at radius 3 is 1.67 bits per heavy atom. The molecule has 2 rings (SSSR count). The number of rotatable bonds is 0. The fourth-order valence-electron chi connectivity index (χ4n) is 0.970. The summed E-state index contributed by atoms with van der Waals surface area (Å²) < 4.78 is 0. The number of benzene rings is 2. The predicted octanol–water partition coefficient (Wildman–Crippen LogP) is 5.40. The normalized spacial score (nSPS) is 9.56. The Hall–Kier alpha value is -0.800. The lowest BCUT2D eigenvalue weighted by Gasteiger charge is -1.95. The van der Waals surface area contributed by atoms with Gasteiger partial charge in [-0.2, -0.15) is 0 Å². The molecule has 6 heteroatoms. The van der Waals surface area contributed by atoms with Crippen LogP contribution >= 0.6 is 46.4 Å². The topological polar surface area (TPSA) is 40.5 Å². The van der Waals surface area contributed by atoms with Crippen LogP contribution in [0.3, 0.4) is 0 Å². The molecular formula is C12H8Cl4O2. The van der Waals surface area contributed by atoms with Gasteiger partial charge in [-0.3, -0.25) is 0 Å². The Kier molecular flexibility index (Phi) is 5.89. The second-order valence-corrected chi connectivity index (χ2v) is 4.82. The summed E-state index contributed by atoms with van der Waals surface area (Å²) in [6.07, 6.45) is 0. The van der Waals surface area contributed by atoms with E-state index in [0.717, 1.165) is 0 Å². The highest BCUT2D eigenvalue weighted by atomic mass is 35.5. The summed E-state index contributed by atoms with van der Waals surface area (Å²) in [4.78, 5) is 0. The Morgan fingerprint density at radius 2 is 1.28 bits per heavy atom. The van der Waals surface area contributed by atoms with Crippen molar-refractivity contribution in [1.29, 1.82) is 0 Å². The van der Waals surface area contributed by atoms with Gasteiger partial charge in [0.1, 0.15) is 5.75 Å². The van der Waals surface area contributed by atoms with Crippen LogP contribution in [0.4, 0.5) is 0 Å². The summed E-state index contributed by atoms with van der Waals surface area (Å²) in [6, 6.07) is 9.32. The zero-order valence-corrected chi connectivity index (χ0v) is 11.9. The van der Waals surface area contributed by atoms with Gasteiger partial charge in [0.15, 0.2) is 5.75 Å². The van der Waals surface area contributed by atoms with Crippen LogP contribution in [0, 0.1) is 0 Å². The summed E-state index contributed by atoms with van der Waals surface area (Å²) in [5.74, 6) is 0.00176. The van der Waals surface area contributed by atoms with Gasteiger partial charge in [-0.25, -0.2) is 0 Å². The summed E-state index contributed by atoms with van der Waals surface area (Å²) >= 11 is 22.0. The molecule has 0 spiro atoms. The van der Waals surface area contributed by atoms with Crippen LogP contribution in [-0.4, -0.2) is 10.2 Å². The molecule has 0 atom stereocenters. The molecule has 0 aliphatic heterocycles. The number of phenolic OH excluding ortho intramolecular Hbond substituents is 2. The molecule has 0 fully saturated rings. The van der Waals surface area contributed by atoms with E-state index in [0.29, 0.717) is 5.02 Å². The van der Waals surface area contributed by atoms with Crippen molar-refractivity contribution >= 4 is 46.4 Å². The van der Waals surface area contributed by atoms with E-state index in [2.05, 4.69) is 0 Å². The maximum absolute atomic E-state index is 8.94. The minimum atomic E-state index is -0.0548. The second-order valence-electron chi connectivity index (χ2n) is 3.17. The quantitative estimate of drug-likeness (QED) is 0.681. The fraction of sp³-hybridized carbons (Fsp3) is 0. The average Bonchev–Trinajstić information content (AvgIpc) is 2.32. The molecule has 0 unspecified atom stereocenters. The van der Waals surface area contributed by atoms with Gasteiger partial charge in [-0.15, -0.1) is 0 Å². The minimum Gasteiger partial charge on any atom is -0.506 e. The van der Waals surface area contributed by atoms with Gasteiger partial charge in [0.05, 0.1) is 15.1 Å². The molecule has 0 bridgehead atoms. The van der Waals surface area contributed by atoms with Gasteiger partial charge in [0.25, 0.3) is 0 Å². The van der Waals surface area contributed by atoms with Crippen molar-refractivity contribution in [3.05, 3.63) is 56.5 Å². The van der Waals surface area contributed by atoms with E-state index in [-0.39, 0.29) is 26.6 Å². The standard InChI is InChI=1S/2C6H4Cl2O/c7-4-1-2-6(9)5(8)3-4;7-4-2-1-3-5(8)6(4)9/h2*1-3,9H. The number of phenols is 2. The van der Waals surface area contributed by atoms with E-state index in [4.69, 9.17) is 56.6 Å². The first-order chi connectivity index (χ1) is 8.41. The minimum absolute atomic E-state index is 0.0548. The Labute approximate surface area is 124 Å². The SMILES string of the molecule is Oc1c(Cl)cccc1Cl.Oc1ccc(Cl)cc1Cl. The highest BCUT2D eigenvalue weighted by Gasteiger charge is 1.99. The van der Waals surface area contributed by atoms with Crippen LogP contribution in [0.25, 0.3) is 0 Å². The second kappa shape index (κ2) is 6.95. The van der Waals surface area contributed by atoms with Crippen LogP contribution in [0.2, 0.25) is 20.1 Å². The van der Waals surface area contributed by atoms with E-state index < -0.39 is 0 Å². The molecule has 0 amide bonds. The van der Waals surface area contributed by atoms with E-state index >= 15 is 0 Å². The van der Waals surface area contributed by atoms with Gasteiger partial charge in [-0.05, 0) is 30.3 Å². The van der Waals surface area contributed by atoms with E-state index in [1.54, 1.807) is 24.3 Å². The number of halogens is 4. The third-order valence-electron chi connectivity index (χ3n) is 1.85. The molecule has 0 aliphatic carbocycles. The highest BCUT2D eigenvalue weighted by molar-refractivity contribution is 6.37. The Balaban J connectivity index is 0.000000180. The summed E-state index contributed by atoms with van der Waals surface area (Å²) in [7, 11) is 0. The van der Waals surface area contributed by atoms with Crippen LogP contribution < -0.4 is 0 Å². The largest absolute Gasteiger partial charge is 0.506 e. The van der Waals surface area contributed by atoms with Crippen LogP contribution in [0.5, 0.6) is 11.5 Å². The van der Waals surface area contributed by atoms with Gasteiger partial charge in [0.2, 0.25) is 0 Å². The first kappa shape index (κ1) is 15.3. The van der Waals surface area contributed by atoms with Gasteiger partial charge >= 0.3 is 0 Å². The lowest BCUT2D eigenvalue weighted by atomic mass is 10.3. The molecule has 0 saturated heterocycles. The molecule has 2 aromatic carbocycles. The van der Waals surface area contributed by atoms with Crippen molar-refractivity contribution in [2.24, 2.45) is 0 Å². The molecule has 0 aromatic heterocycles. The van der Waals surface area contributed by atoms with Gasteiger partial charge in [-0.1, -0.05) is 52.5 Å². The number of hydrogen-bond donors (Lipinski definition) is 2. The van der Waals surface area contributed by atoms with Crippen molar-refractivity contribution in [3.8, 4) is 11.5 Å². The molecule has 0 saturated carbocycles. The number of hydrogen-bond acceptors (Lipinski definition) is 2. The van der Waals surface area contributed by atoms with E-state index in [1.807, 2.05) is 0 Å². The lowest BCUT2D eigenvalue weighted by Crippen LogP contribution is -1.67.